The maximum atomic E-state index is 11.9. The lowest BCUT2D eigenvalue weighted by Gasteiger charge is -2.10. The molecule has 0 unspecified atom stereocenters. The Kier molecular flexibility index (Phi) is 5.77. The van der Waals surface area contributed by atoms with E-state index in [-0.39, 0.29) is 17.9 Å². The van der Waals surface area contributed by atoms with Crippen molar-refractivity contribution in [2.45, 2.75) is 13.8 Å². The Morgan fingerprint density at radius 3 is 2.35 bits per heavy atom. The third-order valence-electron chi connectivity index (χ3n) is 2.78. The van der Waals surface area contributed by atoms with Crippen LogP contribution in [0.2, 0.25) is 0 Å². The number of ether oxygens (including phenoxy) is 2. The molecule has 108 valence electrons. The van der Waals surface area contributed by atoms with Gasteiger partial charge in [0.05, 0.1) is 13.7 Å². The minimum atomic E-state index is -0.594. The Balaban J connectivity index is 3.28. The number of hydrogen-bond acceptors (Lipinski definition) is 5. The number of methoxy groups -OCH3 is 1. The van der Waals surface area contributed by atoms with E-state index in [4.69, 9.17) is 9.47 Å². The van der Waals surface area contributed by atoms with Crippen LogP contribution in [0.25, 0.3) is 5.76 Å². The highest BCUT2D eigenvalue weighted by molar-refractivity contribution is 6.23. The maximum Gasteiger partial charge on any atom is 0.343 e. The van der Waals surface area contributed by atoms with Gasteiger partial charge < -0.3 is 14.6 Å². The zero-order valence-corrected chi connectivity index (χ0v) is 12.1. The zero-order valence-electron chi connectivity index (χ0n) is 12.1. The molecule has 0 aromatic heterocycles. The molecule has 20 heavy (non-hydrogen) atoms. The minimum absolute atomic E-state index is 0.0690. The van der Waals surface area contributed by atoms with Crippen LogP contribution in [0.4, 0.5) is 0 Å². The Morgan fingerprint density at radius 1 is 1.30 bits per heavy atom. The molecule has 1 aromatic carbocycles. The van der Waals surface area contributed by atoms with E-state index in [1.165, 1.54) is 0 Å². The molecule has 5 nitrogen and oxygen atoms in total. The summed E-state index contributed by atoms with van der Waals surface area (Å²) in [6.07, 6.45) is 0. The molecule has 0 atom stereocenters. The molecule has 0 radical (unpaired) electrons. The summed E-state index contributed by atoms with van der Waals surface area (Å²) < 4.78 is 10.0. The summed E-state index contributed by atoms with van der Waals surface area (Å²) >= 11 is 0. The van der Waals surface area contributed by atoms with Gasteiger partial charge in [0.1, 0.15) is 17.1 Å². The lowest BCUT2D eigenvalue weighted by Crippen LogP contribution is -2.16. The van der Waals surface area contributed by atoms with Gasteiger partial charge in [-0.05, 0) is 38.1 Å². The fraction of sp³-hybridized carbons (Fsp3) is 0.333. The van der Waals surface area contributed by atoms with Gasteiger partial charge in [-0.2, -0.15) is 0 Å². The average molecular weight is 277 g/mol. The van der Waals surface area contributed by atoms with E-state index < -0.39 is 5.97 Å². The molecule has 5 heteroatoms. The first-order valence-electron chi connectivity index (χ1n) is 6.23. The van der Waals surface area contributed by atoms with Crippen LogP contribution in [0.1, 0.15) is 19.4 Å². The SMILES string of the molecule is CCOC(=O)C(C(C)=NC)=C(O)c1ccc(OC)cc1. The molecule has 0 fully saturated rings. The summed E-state index contributed by atoms with van der Waals surface area (Å²) in [6, 6.07) is 6.73. The first-order chi connectivity index (χ1) is 9.54. The van der Waals surface area contributed by atoms with Crippen LogP contribution in [0.3, 0.4) is 0 Å². The highest BCUT2D eigenvalue weighted by Crippen LogP contribution is 2.21. The summed E-state index contributed by atoms with van der Waals surface area (Å²) in [5.74, 6) is -0.0850. The molecular weight excluding hydrogens is 258 g/mol. The van der Waals surface area contributed by atoms with E-state index in [0.717, 1.165) is 0 Å². The quantitative estimate of drug-likeness (QED) is 0.389. The summed E-state index contributed by atoms with van der Waals surface area (Å²) in [5.41, 5.74) is 0.980. The molecule has 0 spiro atoms. The molecule has 0 aliphatic rings. The second-order valence-corrected chi connectivity index (χ2v) is 3.98. The van der Waals surface area contributed by atoms with E-state index in [9.17, 15) is 9.90 Å². The van der Waals surface area contributed by atoms with Gasteiger partial charge >= 0.3 is 5.97 Å². The Labute approximate surface area is 118 Å². The van der Waals surface area contributed by atoms with Gasteiger partial charge in [-0.25, -0.2) is 4.79 Å². The topological polar surface area (TPSA) is 68.1 Å². The standard InChI is InChI=1S/C15H19NO4/c1-5-20-15(18)13(10(2)16-3)14(17)11-6-8-12(19-4)9-7-11/h6-9,17H,5H2,1-4H3. The van der Waals surface area contributed by atoms with Crippen LogP contribution >= 0.6 is 0 Å². The first kappa shape index (κ1) is 15.8. The summed E-state index contributed by atoms with van der Waals surface area (Å²) in [7, 11) is 3.11. The molecule has 1 rings (SSSR count). The van der Waals surface area contributed by atoms with Crippen molar-refractivity contribution in [3.05, 3.63) is 35.4 Å². The molecule has 0 saturated carbocycles. The van der Waals surface area contributed by atoms with E-state index in [0.29, 0.717) is 17.0 Å². The molecule has 0 bridgehead atoms. The second kappa shape index (κ2) is 7.33. The van der Waals surface area contributed by atoms with E-state index in [2.05, 4.69) is 4.99 Å². The van der Waals surface area contributed by atoms with Gasteiger partial charge in [0, 0.05) is 18.3 Å². The fourth-order valence-electron chi connectivity index (χ4n) is 1.62. The molecule has 0 heterocycles. The zero-order chi connectivity index (χ0) is 15.1. The van der Waals surface area contributed by atoms with Gasteiger partial charge in [-0.3, -0.25) is 4.99 Å². The lowest BCUT2D eigenvalue weighted by molar-refractivity contribution is -0.137. The van der Waals surface area contributed by atoms with Crippen molar-refractivity contribution in [3.63, 3.8) is 0 Å². The normalized spacial score (nSPS) is 12.7. The maximum absolute atomic E-state index is 11.9. The van der Waals surface area contributed by atoms with Gasteiger partial charge in [0.25, 0.3) is 0 Å². The van der Waals surface area contributed by atoms with E-state index in [1.54, 1.807) is 52.3 Å². The van der Waals surface area contributed by atoms with Crippen LogP contribution < -0.4 is 4.74 Å². The van der Waals surface area contributed by atoms with Gasteiger partial charge in [0.15, 0.2) is 0 Å². The van der Waals surface area contributed by atoms with Crippen molar-refractivity contribution in [3.8, 4) is 5.75 Å². The average Bonchev–Trinajstić information content (AvgIpc) is 2.47. The molecular formula is C15H19NO4. The molecule has 1 N–H and O–H groups in total. The third-order valence-corrected chi connectivity index (χ3v) is 2.78. The molecule has 0 aliphatic heterocycles. The number of aliphatic hydroxyl groups is 1. The minimum Gasteiger partial charge on any atom is -0.506 e. The number of aliphatic hydroxyl groups excluding tert-OH is 1. The van der Waals surface area contributed by atoms with Crippen LogP contribution in [0, 0.1) is 0 Å². The summed E-state index contributed by atoms with van der Waals surface area (Å²) in [6.45, 7) is 3.58. The van der Waals surface area contributed by atoms with Crippen LogP contribution in [0.15, 0.2) is 34.8 Å². The Hall–Kier alpha value is -2.30. The largest absolute Gasteiger partial charge is 0.506 e. The van der Waals surface area contributed by atoms with Gasteiger partial charge in [-0.15, -0.1) is 0 Å². The number of esters is 1. The number of carbonyl (C=O) groups is 1. The molecule has 0 aliphatic carbocycles. The van der Waals surface area contributed by atoms with Crippen molar-refractivity contribution in [1.29, 1.82) is 0 Å². The third kappa shape index (κ3) is 3.60. The predicted molar refractivity (Wildman–Crippen MR) is 78.2 cm³/mol. The number of hydrogen-bond donors (Lipinski definition) is 1. The van der Waals surface area contributed by atoms with Crippen LogP contribution in [-0.2, 0) is 9.53 Å². The Morgan fingerprint density at radius 2 is 1.90 bits per heavy atom. The van der Waals surface area contributed by atoms with Gasteiger partial charge in [-0.1, -0.05) is 0 Å². The number of rotatable bonds is 5. The van der Waals surface area contributed by atoms with Crippen molar-refractivity contribution in [1.82, 2.24) is 0 Å². The van der Waals surface area contributed by atoms with E-state index in [1.807, 2.05) is 0 Å². The van der Waals surface area contributed by atoms with Crippen LogP contribution in [0.5, 0.6) is 5.75 Å². The number of carbonyl (C=O) groups excluding carboxylic acids is 1. The first-order valence-corrected chi connectivity index (χ1v) is 6.23. The van der Waals surface area contributed by atoms with Crippen molar-refractivity contribution < 1.29 is 19.4 Å². The van der Waals surface area contributed by atoms with Crippen LogP contribution in [-0.4, -0.2) is 37.6 Å². The highest BCUT2D eigenvalue weighted by Gasteiger charge is 2.20. The number of aliphatic imine (C=N–C) groups is 1. The van der Waals surface area contributed by atoms with Gasteiger partial charge in [0.2, 0.25) is 0 Å². The van der Waals surface area contributed by atoms with Crippen molar-refractivity contribution in [2.75, 3.05) is 20.8 Å². The smallest absolute Gasteiger partial charge is 0.343 e. The monoisotopic (exact) mass is 277 g/mol. The van der Waals surface area contributed by atoms with E-state index >= 15 is 0 Å². The second-order valence-electron chi connectivity index (χ2n) is 3.98. The summed E-state index contributed by atoms with van der Waals surface area (Å²) in [4.78, 5) is 15.9. The van der Waals surface area contributed by atoms with Crippen molar-refractivity contribution in [2.24, 2.45) is 4.99 Å². The highest BCUT2D eigenvalue weighted by atomic mass is 16.5. The molecule has 0 saturated heterocycles. The molecule has 1 aromatic rings. The fourth-order valence-corrected chi connectivity index (χ4v) is 1.62. The van der Waals surface area contributed by atoms with Crippen molar-refractivity contribution >= 4 is 17.4 Å². The Bertz CT molecular complexity index is 529. The predicted octanol–water partition coefficient (Wildman–Crippen LogP) is 2.62. The summed E-state index contributed by atoms with van der Waals surface area (Å²) in [5, 5.41) is 10.3. The lowest BCUT2D eigenvalue weighted by atomic mass is 10.0. The number of nitrogens with zero attached hydrogens (tertiary/aromatic N) is 1. The number of benzene rings is 1. The molecule has 0 amide bonds.